The van der Waals surface area contributed by atoms with Gasteiger partial charge in [-0.05, 0) is 18.4 Å². The van der Waals surface area contributed by atoms with Crippen LogP contribution < -0.4 is 0 Å². The summed E-state index contributed by atoms with van der Waals surface area (Å²) < 4.78 is 0. The number of benzene rings is 1. The van der Waals surface area contributed by atoms with E-state index in [1.165, 1.54) is 12.1 Å². The molecule has 1 rings (SSSR count). The number of carboxylic acid groups (broad SMARTS) is 1. The van der Waals surface area contributed by atoms with Gasteiger partial charge in [-0.15, -0.1) is 0 Å². The second-order valence-electron chi connectivity index (χ2n) is 3.16. The normalized spacial score (nSPS) is 9.93. The fourth-order valence-corrected chi connectivity index (χ4v) is 1.23. The minimum absolute atomic E-state index is 0.121. The topological polar surface area (TPSA) is 74.6 Å². The van der Waals surface area contributed by atoms with Crippen LogP contribution in [0.2, 0.25) is 0 Å². The predicted molar refractivity (Wildman–Crippen MR) is 53.8 cm³/mol. The summed E-state index contributed by atoms with van der Waals surface area (Å²) in [6, 6.07) is 6.38. The maximum absolute atomic E-state index is 11.0. The summed E-state index contributed by atoms with van der Waals surface area (Å²) in [6.45, 7) is 0.121. The first kappa shape index (κ1) is 11.4. The highest BCUT2D eigenvalue weighted by atomic mass is 16.4. The molecule has 0 fully saturated rings. The van der Waals surface area contributed by atoms with Gasteiger partial charge in [0.25, 0.3) is 5.78 Å². The Kier molecular flexibility index (Phi) is 4.00. The highest BCUT2D eigenvalue weighted by molar-refractivity contribution is 6.39. The quantitative estimate of drug-likeness (QED) is 0.556. The molecule has 0 bridgehead atoms. The Morgan fingerprint density at radius 2 is 1.73 bits per heavy atom. The number of carbonyl (C=O) groups excluding carboxylic acids is 1. The number of aliphatic hydroxyl groups excluding tert-OH is 1. The van der Waals surface area contributed by atoms with Crippen LogP contribution in [-0.2, 0) is 11.2 Å². The summed E-state index contributed by atoms with van der Waals surface area (Å²) in [5.74, 6) is -2.35. The molecule has 0 aromatic heterocycles. The van der Waals surface area contributed by atoms with E-state index in [0.717, 1.165) is 12.0 Å². The summed E-state index contributed by atoms with van der Waals surface area (Å²) in [6.07, 6.45) is 1.38. The van der Waals surface area contributed by atoms with Gasteiger partial charge < -0.3 is 10.2 Å². The van der Waals surface area contributed by atoms with Crippen LogP contribution in [0, 0.1) is 0 Å². The number of rotatable bonds is 5. The van der Waals surface area contributed by atoms with Gasteiger partial charge in [0.15, 0.2) is 0 Å². The van der Waals surface area contributed by atoms with Gasteiger partial charge in [0.05, 0.1) is 0 Å². The fraction of sp³-hybridized carbons (Fsp3) is 0.273. The molecule has 0 heterocycles. The first-order chi connectivity index (χ1) is 7.15. The van der Waals surface area contributed by atoms with Crippen LogP contribution >= 0.6 is 0 Å². The molecule has 0 aliphatic carbocycles. The van der Waals surface area contributed by atoms with Crippen LogP contribution in [-0.4, -0.2) is 28.6 Å². The van der Waals surface area contributed by atoms with Gasteiger partial charge in [-0.3, -0.25) is 4.79 Å². The number of hydrogen-bond acceptors (Lipinski definition) is 3. The molecule has 4 heteroatoms. The number of aryl methyl sites for hydroxylation is 1. The van der Waals surface area contributed by atoms with Crippen LogP contribution in [0.3, 0.4) is 0 Å². The van der Waals surface area contributed by atoms with Crippen molar-refractivity contribution in [2.24, 2.45) is 0 Å². The highest BCUT2D eigenvalue weighted by Crippen LogP contribution is 2.07. The number of Topliss-reactive ketones (excluding diaryl/α,β-unsaturated/α-hetero) is 1. The molecular formula is C11H12O4. The SMILES string of the molecule is O=C(O)C(=O)c1ccc(CCCO)cc1. The smallest absolute Gasteiger partial charge is 0.377 e. The molecule has 4 nitrogen and oxygen atoms in total. The maximum Gasteiger partial charge on any atom is 0.377 e. The van der Waals surface area contributed by atoms with E-state index in [0.29, 0.717) is 6.42 Å². The Hall–Kier alpha value is -1.68. The third-order valence-corrected chi connectivity index (χ3v) is 2.03. The Morgan fingerprint density at radius 3 is 2.20 bits per heavy atom. The molecule has 0 unspecified atom stereocenters. The lowest BCUT2D eigenvalue weighted by atomic mass is 10.1. The number of ketones is 1. The van der Waals surface area contributed by atoms with Crippen molar-refractivity contribution >= 4 is 11.8 Å². The van der Waals surface area contributed by atoms with Crippen molar-refractivity contribution in [1.29, 1.82) is 0 Å². The average molecular weight is 208 g/mol. The van der Waals surface area contributed by atoms with Crippen LogP contribution in [0.4, 0.5) is 0 Å². The van der Waals surface area contributed by atoms with Crippen molar-refractivity contribution in [3.8, 4) is 0 Å². The lowest BCUT2D eigenvalue weighted by Crippen LogP contribution is -2.12. The molecule has 80 valence electrons. The third-order valence-electron chi connectivity index (χ3n) is 2.03. The number of carbonyl (C=O) groups is 2. The molecule has 15 heavy (non-hydrogen) atoms. The Balaban J connectivity index is 2.72. The van der Waals surface area contributed by atoms with E-state index < -0.39 is 11.8 Å². The van der Waals surface area contributed by atoms with Crippen molar-refractivity contribution in [2.75, 3.05) is 6.61 Å². The second kappa shape index (κ2) is 5.26. The zero-order valence-electron chi connectivity index (χ0n) is 8.14. The largest absolute Gasteiger partial charge is 0.475 e. The van der Waals surface area contributed by atoms with E-state index >= 15 is 0 Å². The van der Waals surface area contributed by atoms with Crippen molar-refractivity contribution < 1.29 is 19.8 Å². The summed E-state index contributed by atoms with van der Waals surface area (Å²) in [5.41, 5.74) is 1.15. The molecule has 0 aliphatic rings. The lowest BCUT2D eigenvalue weighted by molar-refractivity contribution is -0.131. The lowest BCUT2D eigenvalue weighted by Gasteiger charge is -2.00. The summed E-state index contributed by atoms with van der Waals surface area (Å²) in [4.78, 5) is 21.4. The van der Waals surface area contributed by atoms with Crippen molar-refractivity contribution in [1.82, 2.24) is 0 Å². The molecule has 0 atom stereocenters. The molecule has 0 amide bonds. The Morgan fingerprint density at radius 1 is 1.13 bits per heavy atom. The van der Waals surface area contributed by atoms with Crippen molar-refractivity contribution in [3.63, 3.8) is 0 Å². The molecule has 1 aromatic rings. The zero-order valence-corrected chi connectivity index (χ0v) is 8.14. The van der Waals surface area contributed by atoms with Gasteiger partial charge in [0.2, 0.25) is 0 Å². The molecule has 0 spiro atoms. The van der Waals surface area contributed by atoms with Gasteiger partial charge in [-0.25, -0.2) is 4.79 Å². The Labute approximate surface area is 87.2 Å². The minimum Gasteiger partial charge on any atom is -0.475 e. The molecule has 0 saturated heterocycles. The summed E-state index contributed by atoms with van der Waals surface area (Å²) >= 11 is 0. The van der Waals surface area contributed by atoms with Gasteiger partial charge in [0, 0.05) is 12.2 Å². The van der Waals surface area contributed by atoms with Crippen LogP contribution in [0.1, 0.15) is 22.3 Å². The van der Waals surface area contributed by atoms with Crippen molar-refractivity contribution in [3.05, 3.63) is 35.4 Å². The molecule has 0 aliphatic heterocycles. The minimum atomic E-state index is -1.45. The zero-order chi connectivity index (χ0) is 11.3. The maximum atomic E-state index is 11.0. The van der Waals surface area contributed by atoms with Crippen LogP contribution in [0.25, 0.3) is 0 Å². The van der Waals surface area contributed by atoms with Crippen molar-refractivity contribution in [2.45, 2.75) is 12.8 Å². The first-order valence-corrected chi connectivity index (χ1v) is 4.62. The number of aliphatic carboxylic acids is 1. The van der Waals surface area contributed by atoms with Crippen LogP contribution in [0.5, 0.6) is 0 Å². The Bertz CT molecular complexity index is 353. The standard InChI is InChI=1S/C11H12O4/c12-7-1-2-8-3-5-9(6-4-8)10(13)11(14)15/h3-6,12H,1-2,7H2,(H,14,15). The summed E-state index contributed by atoms with van der Waals surface area (Å²) in [7, 11) is 0. The predicted octanol–water partition coefficient (Wildman–Crippen LogP) is 0.879. The van der Waals surface area contributed by atoms with E-state index in [1.54, 1.807) is 12.1 Å². The second-order valence-corrected chi connectivity index (χ2v) is 3.16. The van der Waals surface area contributed by atoms with E-state index in [-0.39, 0.29) is 12.2 Å². The van der Waals surface area contributed by atoms with Gasteiger partial charge in [-0.2, -0.15) is 0 Å². The van der Waals surface area contributed by atoms with Gasteiger partial charge in [-0.1, -0.05) is 24.3 Å². The number of carboxylic acids is 1. The van der Waals surface area contributed by atoms with E-state index in [9.17, 15) is 9.59 Å². The third kappa shape index (κ3) is 3.18. The van der Waals surface area contributed by atoms with Gasteiger partial charge in [0.1, 0.15) is 0 Å². The van der Waals surface area contributed by atoms with Crippen LogP contribution in [0.15, 0.2) is 24.3 Å². The van der Waals surface area contributed by atoms with E-state index in [2.05, 4.69) is 0 Å². The summed E-state index contributed by atoms with van der Waals surface area (Å²) in [5, 5.41) is 17.1. The molecule has 1 aromatic carbocycles. The molecule has 0 radical (unpaired) electrons. The average Bonchev–Trinajstić information content (AvgIpc) is 2.26. The number of hydrogen-bond donors (Lipinski definition) is 2. The van der Waals surface area contributed by atoms with Gasteiger partial charge >= 0.3 is 5.97 Å². The monoisotopic (exact) mass is 208 g/mol. The fourth-order valence-electron chi connectivity index (χ4n) is 1.23. The molecular weight excluding hydrogens is 196 g/mol. The molecule has 0 saturated carbocycles. The molecule has 2 N–H and O–H groups in total. The number of aliphatic hydroxyl groups is 1. The van der Waals surface area contributed by atoms with E-state index in [4.69, 9.17) is 10.2 Å². The first-order valence-electron chi connectivity index (χ1n) is 4.62. The van der Waals surface area contributed by atoms with E-state index in [1.807, 2.05) is 0 Å². The highest BCUT2D eigenvalue weighted by Gasteiger charge is 2.13.